The minimum absolute atomic E-state index is 0.0675. The van der Waals surface area contributed by atoms with Gasteiger partial charge < -0.3 is 10.4 Å². The number of aryl methyl sites for hydroxylation is 1. The van der Waals surface area contributed by atoms with Crippen molar-refractivity contribution in [3.8, 4) is 0 Å². The van der Waals surface area contributed by atoms with E-state index in [-0.39, 0.29) is 30.7 Å². The number of halogens is 2. The summed E-state index contributed by atoms with van der Waals surface area (Å²) in [7, 11) is 0. The Balaban J connectivity index is 2.03. The van der Waals surface area contributed by atoms with E-state index in [2.05, 4.69) is 10.4 Å². The molecule has 0 unspecified atom stereocenters. The Morgan fingerprint density at radius 2 is 2.32 bits per heavy atom. The number of hydrogen-bond donors (Lipinski definition) is 2. The van der Waals surface area contributed by atoms with E-state index in [1.807, 2.05) is 6.92 Å². The van der Waals surface area contributed by atoms with Gasteiger partial charge in [0.1, 0.15) is 5.69 Å². The lowest BCUT2D eigenvalue weighted by molar-refractivity contribution is -0.0382. The van der Waals surface area contributed by atoms with Crippen LogP contribution in [-0.4, -0.2) is 27.5 Å². The van der Waals surface area contributed by atoms with E-state index >= 15 is 0 Å². The fourth-order valence-electron chi connectivity index (χ4n) is 3.13. The molecule has 0 spiro atoms. The summed E-state index contributed by atoms with van der Waals surface area (Å²) in [5.74, 6) is -3.24. The Bertz CT molecular complexity index is 486. The molecule has 6 heteroatoms. The number of alkyl halides is 2. The predicted molar refractivity (Wildman–Crippen MR) is 65.9 cm³/mol. The van der Waals surface area contributed by atoms with E-state index in [0.29, 0.717) is 31.5 Å². The summed E-state index contributed by atoms with van der Waals surface area (Å²) in [6.45, 7) is 2.79. The highest BCUT2D eigenvalue weighted by molar-refractivity contribution is 5.32. The molecule has 19 heavy (non-hydrogen) atoms. The van der Waals surface area contributed by atoms with Gasteiger partial charge in [-0.2, -0.15) is 13.9 Å². The van der Waals surface area contributed by atoms with Gasteiger partial charge in [-0.3, -0.25) is 4.68 Å². The molecule has 0 radical (unpaired) electrons. The monoisotopic (exact) mass is 271 g/mol. The van der Waals surface area contributed by atoms with Crippen LogP contribution >= 0.6 is 0 Å². The number of aliphatic hydroxyl groups is 1. The van der Waals surface area contributed by atoms with E-state index in [4.69, 9.17) is 5.11 Å². The average molecular weight is 271 g/mol. The molecule has 0 saturated carbocycles. The highest BCUT2D eigenvalue weighted by atomic mass is 19.3. The summed E-state index contributed by atoms with van der Waals surface area (Å²) in [4.78, 5) is 0. The molecule has 3 heterocycles. The zero-order valence-corrected chi connectivity index (χ0v) is 11.0. The van der Waals surface area contributed by atoms with Crippen molar-refractivity contribution in [3.05, 3.63) is 17.0 Å². The van der Waals surface area contributed by atoms with Gasteiger partial charge in [0, 0.05) is 44.1 Å². The number of aromatic nitrogens is 2. The molecule has 2 aliphatic rings. The molecule has 1 aromatic rings. The van der Waals surface area contributed by atoms with Gasteiger partial charge in [0.15, 0.2) is 0 Å². The van der Waals surface area contributed by atoms with E-state index in [9.17, 15) is 8.78 Å². The highest BCUT2D eigenvalue weighted by Gasteiger charge is 2.43. The van der Waals surface area contributed by atoms with Crippen molar-refractivity contribution < 1.29 is 13.9 Å². The van der Waals surface area contributed by atoms with Crippen LogP contribution < -0.4 is 5.32 Å². The van der Waals surface area contributed by atoms with Gasteiger partial charge in [0.25, 0.3) is 5.92 Å². The van der Waals surface area contributed by atoms with Crippen LogP contribution in [0.1, 0.15) is 36.7 Å². The zero-order valence-electron chi connectivity index (χ0n) is 11.0. The lowest BCUT2D eigenvalue weighted by Gasteiger charge is -2.23. The van der Waals surface area contributed by atoms with Crippen molar-refractivity contribution in [2.75, 3.05) is 6.61 Å². The molecular weight excluding hydrogens is 252 g/mol. The topological polar surface area (TPSA) is 50.1 Å². The van der Waals surface area contributed by atoms with E-state index < -0.39 is 5.92 Å². The highest BCUT2D eigenvalue weighted by Crippen LogP contribution is 2.41. The molecule has 2 N–H and O–H groups in total. The van der Waals surface area contributed by atoms with E-state index in [1.165, 1.54) is 4.68 Å². The number of fused-ring (bicyclic) bond motifs is 3. The normalized spacial score (nSPS) is 29.5. The van der Waals surface area contributed by atoms with Crippen molar-refractivity contribution in [1.29, 1.82) is 0 Å². The SMILES string of the molecule is C[C@@H]1Cc2nn3c(c2CN1)C(F)(F)C[C@@H](CO)CC3. The summed E-state index contributed by atoms with van der Waals surface area (Å²) in [6.07, 6.45) is 0.981. The van der Waals surface area contributed by atoms with Gasteiger partial charge in [-0.25, -0.2) is 0 Å². The summed E-state index contributed by atoms with van der Waals surface area (Å²) in [5, 5.41) is 16.8. The lowest BCUT2D eigenvalue weighted by Crippen LogP contribution is -2.34. The van der Waals surface area contributed by atoms with Crippen molar-refractivity contribution >= 4 is 0 Å². The van der Waals surface area contributed by atoms with Crippen LogP contribution in [0.2, 0.25) is 0 Å². The number of aliphatic hydroxyl groups excluding tert-OH is 1. The van der Waals surface area contributed by atoms with Crippen LogP contribution in [0.25, 0.3) is 0 Å². The molecule has 0 fully saturated rings. The van der Waals surface area contributed by atoms with Crippen LogP contribution in [0.15, 0.2) is 0 Å². The number of nitrogens with zero attached hydrogens (tertiary/aromatic N) is 2. The first-order chi connectivity index (χ1) is 9.01. The van der Waals surface area contributed by atoms with Crippen molar-refractivity contribution in [2.24, 2.45) is 5.92 Å². The van der Waals surface area contributed by atoms with Gasteiger partial charge in [-0.05, 0) is 19.3 Å². The second kappa shape index (κ2) is 4.52. The molecule has 0 saturated heterocycles. The van der Waals surface area contributed by atoms with Gasteiger partial charge in [-0.15, -0.1) is 0 Å². The van der Waals surface area contributed by atoms with Crippen LogP contribution in [0, 0.1) is 5.92 Å². The number of nitrogens with one attached hydrogen (secondary N) is 1. The first kappa shape index (κ1) is 13.0. The largest absolute Gasteiger partial charge is 0.396 e. The Morgan fingerprint density at radius 3 is 3.05 bits per heavy atom. The van der Waals surface area contributed by atoms with Crippen molar-refractivity contribution in [2.45, 2.75) is 51.2 Å². The third-order valence-corrected chi connectivity index (χ3v) is 4.16. The Labute approximate surface area is 110 Å². The third-order valence-electron chi connectivity index (χ3n) is 4.16. The summed E-state index contributed by atoms with van der Waals surface area (Å²) in [5.41, 5.74) is 1.54. The first-order valence-electron chi connectivity index (χ1n) is 6.82. The van der Waals surface area contributed by atoms with Crippen LogP contribution in [0.4, 0.5) is 8.78 Å². The van der Waals surface area contributed by atoms with Crippen molar-refractivity contribution in [1.82, 2.24) is 15.1 Å². The minimum Gasteiger partial charge on any atom is -0.396 e. The maximum absolute atomic E-state index is 14.4. The lowest BCUT2D eigenvalue weighted by atomic mass is 9.94. The van der Waals surface area contributed by atoms with Crippen LogP contribution in [0.3, 0.4) is 0 Å². The van der Waals surface area contributed by atoms with Gasteiger partial charge >= 0.3 is 0 Å². The molecule has 0 bridgehead atoms. The first-order valence-corrected chi connectivity index (χ1v) is 6.82. The second-order valence-electron chi connectivity index (χ2n) is 5.73. The maximum Gasteiger partial charge on any atom is 0.290 e. The summed E-state index contributed by atoms with van der Waals surface area (Å²) < 4.78 is 30.3. The zero-order chi connectivity index (χ0) is 13.6. The Morgan fingerprint density at radius 1 is 1.53 bits per heavy atom. The average Bonchev–Trinajstić information content (AvgIpc) is 2.66. The third kappa shape index (κ3) is 2.17. The van der Waals surface area contributed by atoms with Crippen LogP contribution in [0.5, 0.6) is 0 Å². The molecule has 0 aliphatic carbocycles. The molecule has 106 valence electrons. The minimum atomic E-state index is -2.90. The summed E-state index contributed by atoms with van der Waals surface area (Å²) >= 11 is 0. The molecule has 0 aromatic carbocycles. The molecule has 0 amide bonds. The second-order valence-corrected chi connectivity index (χ2v) is 5.73. The molecule has 1 aromatic heterocycles. The van der Waals surface area contributed by atoms with Crippen molar-refractivity contribution in [3.63, 3.8) is 0 Å². The predicted octanol–water partition coefficient (Wildman–Crippen LogP) is 1.41. The van der Waals surface area contributed by atoms with Gasteiger partial charge in [0.2, 0.25) is 0 Å². The quantitative estimate of drug-likeness (QED) is 0.812. The fraction of sp³-hybridized carbons (Fsp3) is 0.769. The molecular formula is C13H19F2N3O. The van der Waals surface area contributed by atoms with Crippen LogP contribution in [-0.2, 0) is 25.4 Å². The van der Waals surface area contributed by atoms with E-state index in [0.717, 1.165) is 5.69 Å². The van der Waals surface area contributed by atoms with Gasteiger partial charge in [-0.1, -0.05) is 0 Å². The molecule has 3 rings (SSSR count). The molecule has 4 nitrogen and oxygen atoms in total. The molecule has 2 aliphatic heterocycles. The van der Waals surface area contributed by atoms with E-state index in [1.54, 1.807) is 0 Å². The number of rotatable bonds is 1. The maximum atomic E-state index is 14.4. The fourth-order valence-corrected chi connectivity index (χ4v) is 3.13. The molecule has 2 atom stereocenters. The standard InChI is InChI=1S/C13H19F2N3O/c1-8-4-11-10(6-16-8)12-13(14,15)5-9(7-19)2-3-18(12)17-11/h8-9,16,19H,2-7H2,1H3/t8-,9+/m1/s1. The van der Waals surface area contributed by atoms with Gasteiger partial charge in [0.05, 0.1) is 5.69 Å². The number of hydrogen-bond acceptors (Lipinski definition) is 3. The summed E-state index contributed by atoms with van der Waals surface area (Å²) in [6, 6.07) is 0.283. The smallest absolute Gasteiger partial charge is 0.290 e. The Hall–Kier alpha value is -1.01. The Kier molecular flexibility index (Phi) is 3.09.